The van der Waals surface area contributed by atoms with Gasteiger partial charge in [0, 0.05) is 26.8 Å². The molecule has 5 nitrogen and oxygen atoms in total. The number of amides is 1. The van der Waals surface area contributed by atoms with Gasteiger partial charge < -0.3 is 16.0 Å². The average Bonchev–Trinajstić information content (AvgIpc) is 2.29. The van der Waals surface area contributed by atoms with Crippen molar-refractivity contribution >= 4 is 17.3 Å². The molecule has 0 bridgehead atoms. The zero-order valence-corrected chi connectivity index (χ0v) is 10.8. The summed E-state index contributed by atoms with van der Waals surface area (Å²) in [5.74, 6) is -0.101. The molecule has 0 atom stereocenters. The van der Waals surface area contributed by atoms with E-state index in [1.165, 1.54) is 0 Å². The Morgan fingerprint density at radius 2 is 2.18 bits per heavy atom. The summed E-state index contributed by atoms with van der Waals surface area (Å²) in [5, 5.41) is 2.86. The normalized spacial score (nSPS) is 11.1. The highest BCUT2D eigenvalue weighted by molar-refractivity contribution is 5.97. The van der Waals surface area contributed by atoms with Gasteiger partial charge in [0.05, 0.1) is 23.0 Å². The Labute approximate surface area is 102 Å². The number of carbonyl (C=O) groups excluding carboxylic acids is 1. The van der Waals surface area contributed by atoms with Crippen LogP contribution >= 0.6 is 0 Å². The predicted molar refractivity (Wildman–Crippen MR) is 70.0 cm³/mol. The number of pyridine rings is 1. The Morgan fingerprint density at radius 3 is 2.71 bits per heavy atom. The van der Waals surface area contributed by atoms with Crippen LogP contribution in [0.1, 0.15) is 13.8 Å². The molecule has 1 aromatic heterocycles. The number of anilines is 2. The van der Waals surface area contributed by atoms with Crippen molar-refractivity contribution in [2.75, 3.05) is 30.9 Å². The first-order chi connectivity index (χ1) is 7.88. The van der Waals surface area contributed by atoms with Crippen molar-refractivity contribution in [2.24, 2.45) is 11.1 Å². The van der Waals surface area contributed by atoms with Gasteiger partial charge in [-0.2, -0.15) is 0 Å². The molecule has 3 N–H and O–H groups in total. The quantitative estimate of drug-likeness (QED) is 0.820. The molecule has 17 heavy (non-hydrogen) atoms. The standard InChI is InChI=1S/C12H20N4O/c1-12(2,8-13)11(17)15-9-7-14-6-5-10(9)16(3)4/h5-7H,8,13H2,1-4H3,(H,15,17). The summed E-state index contributed by atoms with van der Waals surface area (Å²) < 4.78 is 0. The number of hydrogen-bond donors (Lipinski definition) is 2. The minimum absolute atomic E-state index is 0.101. The van der Waals surface area contributed by atoms with Gasteiger partial charge in [0.2, 0.25) is 5.91 Å². The molecule has 0 spiro atoms. The lowest BCUT2D eigenvalue weighted by molar-refractivity contribution is -0.123. The van der Waals surface area contributed by atoms with Gasteiger partial charge in [0.15, 0.2) is 0 Å². The second kappa shape index (κ2) is 5.14. The number of nitrogens with two attached hydrogens (primary N) is 1. The highest BCUT2D eigenvalue weighted by atomic mass is 16.2. The average molecular weight is 236 g/mol. The zero-order valence-electron chi connectivity index (χ0n) is 10.8. The van der Waals surface area contributed by atoms with Crippen LogP contribution < -0.4 is 16.0 Å². The molecule has 0 saturated carbocycles. The molecule has 94 valence electrons. The van der Waals surface area contributed by atoms with Crippen molar-refractivity contribution < 1.29 is 4.79 Å². The smallest absolute Gasteiger partial charge is 0.231 e. The summed E-state index contributed by atoms with van der Waals surface area (Å²) in [7, 11) is 3.83. The van der Waals surface area contributed by atoms with Crippen LogP contribution in [0.2, 0.25) is 0 Å². The first kappa shape index (κ1) is 13.4. The maximum atomic E-state index is 12.0. The van der Waals surface area contributed by atoms with Crippen LogP contribution in [0.4, 0.5) is 11.4 Å². The van der Waals surface area contributed by atoms with E-state index in [4.69, 9.17) is 5.73 Å². The van der Waals surface area contributed by atoms with Crippen molar-refractivity contribution in [3.05, 3.63) is 18.5 Å². The molecule has 0 fully saturated rings. The third kappa shape index (κ3) is 3.17. The lowest BCUT2D eigenvalue weighted by Crippen LogP contribution is -2.37. The minimum Gasteiger partial charge on any atom is -0.376 e. The molecule has 1 aromatic rings. The van der Waals surface area contributed by atoms with E-state index in [0.717, 1.165) is 5.69 Å². The van der Waals surface area contributed by atoms with Gasteiger partial charge in [-0.3, -0.25) is 9.78 Å². The monoisotopic (exact) mass is 236 g/mol. The Balaban J connectivity index is 2.93. The van der Waals surface area contributed by atoms with Crippen LogP contribution in [-0.4, -0.2) is 31.5 Å². The van der Waals surface area contributed by atoms with Crippen LogP contribution in [0.15, 0.2) is 18.5 Å². The number of aromatic nitrogens is 1. The zero-order chi connectivity index (χ0) is 13.1. The fraction of sp³-hybridized carbons (Fsp3) is 0.500. The molecule has 1 amide bonds. The van der Waals surface area contributed by atoms with Gasteiger partial charge >= 0.3 is 0 Å². The van der Waals surface area contributed by atoms with Crippen molar-refractivity contribution in [2.45, 2.75) is 13.8 Å². The maximum absolute atomic E-state index is 12.0. The molecule has 5 heteroatoms. The largest absolute Gasteiger partial charge is 0.376 e. The molecule has 0 radical (unpaired) electrons. The Hall–Kier alpha value is -1.62. The lowest BCUT2D eigenvalue weighted by atomic mass is 9.92. The SMILES string of the molecule is CN(C)c1ccncc1NC(=O)C(C)(C)CN. The lowest BCUT2D eigenvalue weighted by Gasteiger charge is -2.23. The van der Waals surface area contributed by atoms with E-state index in [9.17, 15) is 4.79 Å². The van der Waals surface area contributed by atoms with Gasteiger partial charge in [-0.25, -0.2) is 0 Å². The van der Waals surface area contributed by atoms with Crippen molar-refractivity contribution in [3.8, 4) is 0 Å². The minimum atomic E-state index is -0.584. The summed E-state index contributed by atoms with van der Waals surface area (Å²) >= 11 is 0. The molecule has 0 aromatic carbocycles. The molecule has 1 heterocycles. The van der Waals surface area contributed by atoms with Crippen molar-refractivity contribution in [3.63, 3.8) is 0 Å². The maximum Gasteiger partial charge on any atom is 0.231 e. The number of nitrogens with one attached hydrogen (secondary N) is 1. The van der Waals surface area contributed by atoms with E-state index in [0.29, 0.717) is 12.2 Å². The first-order valence-electron chi connectivity index (χ1n) is 5.51. The molecule has 0 aliphatic rings. The van der Waals surface area contributed by atoms with Crippen molar-refractivity contribution in [1.82, 2.24) is 4.98 Å². The van der Waals surface area contributed by atoms with E-state index in [1.807, 2.05) is 38.9 Å². The van der Waals surface area contributed by atoms with Crippen LogP contribution in [0.25, 0.3) is 0 Å². The molecule has 1 rings (SSSR count). The third-order valence-electron chi connectivity index (χ3n) is 2.65. The molecule has 0 aliphatic heterocycles. The van der Waals surface area contributed by atoms with Crippen LogP contribution in [-0.2, 0) is 4.79 Å². The first-order valence-corrected chi connectivity index (χ1v) is 5.51. The Kier molecular flexibility index (Phi) is 4.07. The van der Waals surface area contributed by atoms with Gasteiger partial charge in [-0.15, -0.1) is 0 Å². The fourth-order valence-electron chi connectivity index (χ4n) is 1.26. The summed E-state index contributed by atoms with van der Waals surface area (Å²) in [5.41, 5.74) is 6.60. The highest BCUT2D eigenvalue weighted by Crippen LogP contribution is 2.24. The van der Waals surface area contributed by atoms with Gasteiger partial charge in [0.25, 0.3) is 0 Å². The summed E-state index contributed by atoms with van der Waals surface area (Å²) in [6, 6.07) is 1.85. The van der Waals surface area contributed by atoms with Crippen LogP contribution in [0, 0.1) is 5.41 Å². The molecule has 0 aliphatic carbocycles. The number of hydrogen-bond acceptors (Lipinski definition) is 4. The van der Waals surface area contributed by atoms with Crippen molar-refractivity contribution in [1.29, 1.82) is 0 Å². The van der Waals surface area contributed by atoms with Crippen LogP contribution in [0.3, 0.4) is 0 Å². The molecular weight excluding hydrogens is 216 g/mol. The fourth-order valence-corrected chi connectivity index (χ4v) is 1.26. The third-order valence-corrected chi connectivity index (χ3v) is 2.65. The number of nitrogens with zero attached hydrogens (tertiary/aromatic N) is 2. The summed E-state index contributed by atoms with van der Waals surface area (Å²) in [6.07, 6.45) is 3.33. The van der Waals surface area contributed by atoms with Gasteiger partial charge in [-0.05, 0) is 19.9 Å². The topological polar surface area (TPSA) is 71.2 Å². The second-order valence-electron chi connectivity index (χ2n) is 4.83. The predicted octanol–water partition coefficient (Wildman–Crippen LogP) is 1.07. The number of carbonyl (C=O) groups is 1. The van der Waals surface area contributed by atoms with E-state index in [-0.39, 0.29) is 5.91 Å². The van der Waals surface area contributed by atoms with Gasteiger partial charge in [0.1, 0.15) is 0 Å². The summed E-state index contributed by atoms with van der Waals surface area (Å²) in [4.78, 5) is 17.9. The molecule has 0 unspecified atom stereocenters. The van der Waals surface area contributed by atoms with Crippen LogP contribution in [0.5, 0.6) is 0 Å². The molecule has 0 saturated heterocycles. The highest BCUT2D eigenvalue weighted by Gasteiger charge is 2.26. The van der Waals surface area contributed by atoms with E-state index >= 15 is 0 Å². The van der Waals surface area contributed by atoms with E-state index in [1.54, 1.807) is 12.4 Å². The Bertz CT molecular complexity index is 401. The van der Waals surface area contributed by atoms with E-state index < -0.39 is 5.41 Å². The molecular formula is C12H20N4O. The van der Waals surface area contributed by atoms with Gasteiger partial charge in [-0.1, -0.05) is 0 Å². The summed E-state index contributed by atoms with van der Waals surface area (Å²) in [6.45, 7) is 3.93. The van der Waals surface area contributed by atoms with E-state index in [2.05, 4.69) is 10.3 Å². The second-order valence-corrected chi connectivity index (χ2v) is 4.83. The Morgan fingerprint density at radius 1 is 1.53 bits per heavy atom. The number of rotatable bonds is 4.